The molecule has 0 fully saturated rings. The molecule has 2 rings (SSSR count). The van der Waals surface area contributed by atoms with E-state index in [0.717, 1.165) is 11.1 Å². The number of nitrogens with one attached hydrogen (secondary N) is 1. The standard InChI is InChI=1S/C15H17ClN4O/c1-2-7-20-15(21)14(16)13(10-19-20)18-9-12-6-4-3-5-11(12)8-17/h2-6,10,18H,1,7-9,17H2. The predicted molar refractivity (Wildman–Crippen MR) is 85.4 cm³/mol. The number of nitrogens with two attached hydrogens (primary N) is 1. The van der Waals surface area contributed by atoms with Crippen LogP contribution in [0.15, 0.2) is 47.9 Å². The van der Waals surface area contributed by atoms with Crippen LogP contribution in [0.3, 0.4) is 0 Å². The van der Waals surface area contributed by atoms with Crippen LogP contribution in [-0.4, -0.2) is 9.78 Å². The summed E-state index contributed by atoms with van der Waals surface area (Å²) < 4.78 is 1.26. The maximum atomic E-state index is 12.0. The highest BCUT2D eigenvalue weighted by atomic mass is 35.5. The second kappa shape index (κ2) is 7.06. The van der Waals surface area contributed by atoms with E-state index >= 15 is 0 Å². The van der Waals surface area contributed by atoms with Crippen LogP contribution in [0.4, 0.5) is 5.69 Å². The highest BCUT2D eigenvalue weighted by molar-refractivity contribution is 6.32. The normalized spacial score (nSPS) is 10.4. The smallest absolute Gasteiger partial charge is 0.287 e. The number of rotatable bonds is 6. The lowest BCUT2D eigenvalue weighted by molar-refractivity contribution is 0.653. The van der Waals surface area contributed by atoms with Crippen molar-refractivity contribution >= 4 is 17.3 Å². The van der Waals surface area contributed by atoms with Crippen LogP contribution in [-0.2, 0) is 19.6 Å². The van der Waals surface area contributed by atoms with Gasteiger partial charge in [0.15, 0.2) is 0 Å². The topological polar surface area (TPSA) is 72.9 Å². The third-order valence-electron chi connectivity index (χ3n) is 3.09. The van der Waals surface area contributed by atoms with Gasteiger partial charge in [-0.25, -0.2) is 4.68 Å². The van der Waals surface area contributed by atoms with Gasteiger partial charge in [0, 0.05) is 13.1 Å². The summed E-state index contributed by atoms with van der Waals surface area (Å²) >= 11 is 6.08. The molecule has 1 heterocycles. The maximum absolute atomic E-state index is 12.0. The monoisotopic (exact) mass is 304 g/mol. The van der Waals surface area contributed by atoms with E-state index in [1.54, 1.807) is 6.08 Å². The SMILES string of the molecule is C=CCn1ncc(NCc2ccccc2CN)c(Cl)c1=O. The Morgan fingerprint density at radius 2 is 2.10 bits per heavy atom. The summed E-state index contributed by atoms with van der Waals surface area (Å²) in [6.45, 7) is 4.89. The van der Waals surface area contributed by atoms with Crippen molar-refractivity contribution in [2.75, 3.05) is 5.32 Å². The fourth-order valence-corrected chi connectivity index (χ4v) is 2.17. The zero-order valence-corrected chi connectivity index (χ0v) is 12.3. The Morgan fingerprint density at radius 3 is 2.76 bits per heavy atom. The molecule has 0 spiro atoms. The largest absolute Gasteiger partial charge is 0.378 e. The van der Waals surface area contributed by atoms with Gasteiger partial charge in [-0.3, -0.25) is 4.79 Å². The third-order valence-corrected chi connectivity index (χ3v) is 3.46. The molecular weight excluding hydrogens is 288 g/mol. The van der Waals surface area contributed by atoms with E-state index in [2.05, 4.69) is 17.0 Å². The zero-order valence-electron chi connectivity index (χ0n) is 11.6. The Bertz CT molecular complexity index is 696. The number of benzene rings is 1. The second-order valence-electron chi connectivity index (χ2n) is 4.47. The van der Waals surface area contributed by atoms with Crippen molar-refractivity contribution in [1.82, 2.24) is 9.78 Å². The molecule has 0 amide bonds. The highest BCUT2D eigenvalue weighted by Gasteiger charge is 2.09. The number of nitrogens with zero attached hydrogens (tertiary/aromatic N) is 2. The average Bonchev–Trinajstić information content (AvgIpc) is 2.51. The first-order chi connectivity index (χ1) is 10.2. The van der Waals surface area contributed by atoms with Gasteiger partial charge in [0.25, 0.3) is 5.56 Å². The molecule has 3 N–H and O–H groups in total. The summed E-state index contributed by atoms with van der Waals surface area (Å²) in [7, 11) is 0. The molecule has 0 aliphatic carbocycles. The Labute approximate surface area is 128 Å². The average molecular weight is 305 g/mol. The van der Waals surface area contributed by atoms with Gasteiger partial charge in [-0.15, -0.1) is 6.58 Å². The number of hydrogen-bond acceptors (Lipinski definition) is 4. The van der Waals surface area contributed by atoms with Crippen molar-refractivity contribution in [2.45, 2.75) is 19.6 Å². The van der Waals surface area contributed by atoms with E-state index in [-0.39, 0.29) is 10.6 Å². The molecule has 1 aromatic heterocycles. The Morgan fingerprint density at radius 1 is 1.38 bits per heavy atom. The van der Waals surface area contributed by atoms with Crippen molar-refractivity contribution in [2.24, 2.45) is 5.73 Å². The van der Waals surface area contributed by atoms with Gasteiger partial charge in [-0.1, -0.05) is 41.9 Å². The van der Waals surface area contributed by atoms with Crippen LogP contribution in [0, 0.1) is 0 Å². The van der Waals surface area contributed by atoms with Gasteiger partial charge in [0.05, 0.1) is 18.4 Å². The molecule has 0 saturated carbocycles. The Balaban J connectivity index is 2.19. The van der Waals surface area contributed by atoms with Crippen LogP contribution in [0.2, 0.25) is 5.02 Å². The summed E-state index contributed by atoms with van der Waals surface area (Å²) in [5.74, 6) is 0. The number of allylic oxidation sites excluding steroid dienone is 1. The van der Waals surface area contributed by atoms with Crippen molar-refractivity contribution < 1.29 is 0 Å². The lowest BCUT2D eigenvalue weighted by Gasteiger charge is -2.11. The lowest BCUT2D eigenvalue weighted by Crippen LogP contribution is -2.23. The highest BCUT2D eigenvalue weighted by Crippen LogP contribution is 2.17. The molecular formula is C15H17ClN4O. The van der Waals surface area contributed by atoms with Crippen LogP contribution in [0.5, 0.6) is 0 Å². The molecule has 0 aliphatic rings. The Kier molecular flexibility index (Phi) is 5.14. The minimum Gasteiger partial charge on any atom is -0.378 e. The van der Waals surface area contributed by atoms with Gasteiger partial charge in [-0.05, 0) is 11.1 Å². The van der Waals surface area contributed by atoms with Gasteiger partial charge in [0.1, 0.15) is 5.02 Å². The summed E-state index contributed by atoms with van der Waals surface area (Å²) in [5.41, 5.74) is 7.98. The molecule has 2 aromatic rings. The minimum atomic E-state index is -0.339. The fraction of sp³-hybridized carbons (Fsp3) is 0.200. The lowest BCUT2D eigenvalue weighted by atomic mass is 10.1. The molecule has 0 unspecified atom stereocenters. The molecule has 5 nitrogen and oxygen atoms in total. The van der Waals surface area contributed by atoms with E-state index in [9.17, 15) is 4.79 Å². The quantitative estimate of drug-likeness (QED) is 0.802. The Hall–Kier alpha value is -2.11. The van der Waals surface area contributed by atoms with Crippen LogP contribution in [0.1, 0.15) is 11.1 Å². The number of hydrogen-bond donors (Lipinski definition) is 2. The van der Waals surface area contributed by atoms with Crippen LogP contribution < -0.4 is 16.6 Å². The van der Waals surface area contributed by atoms with E-state index in [1.165, 1.54) is 10.9 Å². The molecule has 21 heavy (non-hydrogen) atoms. The van der Waals surface area contributed by atoms with Crippen molar-refractivity contribution in [3.63, 3.8) is 0 Å². The molecule has 0 bridgehead atoms. The summed E-state index contributed by atoms with van der Waals surface area (Å²) in [4.78, 5) is 12.0. The summed E-state index contributed by atoms with van der Waals surface area (Å²) in [5, 5.41) is 7.29. The van der Waals surface area contributed by atoms with Crippen molar-refractivity contribution in [3.8, 4) is 0 Å². The number of aromatic nitrogens is 2. The molecule has 0 atom stereocenters. The third kappa shape index (κ3) is 3.51. The first-order valence-corrected chi connectivity index (χ1v) is 6.92. The zero-order chi connectivity index (χ0) is 15.2. The fourth-order valence-electron chi connectivity index (χ4n) is 1.96. The van der Waals surface area contributed by atoms with Crippen molar-refractivity contribution in [3.05, 3.63) is 69.6 Å². The molecule has 0 radical (unpaired) electrons. The van der Waals surface area contributed by atoms with Crippen molar-refractivity contribution in [1.29, 1.82) is 0 Å². The number of anilines is 1. The maximum Gasteiger partial charge on any atom is 0.287 e. The molecule has 110 valence electrons. The summed E-state index contributed by atoms with van der Waals surface area (Å²) in [6, 6.07) is 7.84. The van der Waals surface area contributed by atoms with Crippen LogP contribution in [0.25, 0.3) is 0 Å². The minimum absolute atomic E-state index is 0.122. The molecule has 0 aliphatic heterocycles. The van der Waals surface area contributed by atoms with E-state index in [1.807, 2.05) is 24.3 Å². The first kappa shape index (κ1) is 15.3. The van der Waals surface area contributed by atoms with E-state index in [4.69, 9.17) is 17.3 Å². The second-order valence-corrected chi connectivity index (χ2v) is 4.85. The predicted octanol–water partition coefficient (Wildman–Crippen LogP) is 2.15. The molecule has 6 heteroatoms. The van der Waals surface area contributed by atoms with Crippen LogP contribution >= 0.6 is 11.6 Å². The summed E-state index contributed by atoms with van der Waals surface area (Å²) in [6.07, 6.45) is 3.13. The van der Waals surface area contributed by atoms with Gasteiger partial charge in [-0.2, -0.15) is 5.10 Å². The van der Waals surface area contributed by atoms with Gasteiger partial charge in [0.2, 0.25) is 0 Å². The van der Waals surface area contributed by atoms with Gasteiger partial charge >= 0.3 is 0 Å². The molecule has 0 saturated heterocycles. The van der Waals surface area contributed by atoms with E-state index < -0.39 is 0 Å². The molecule has 1 aromatic carbocycles. The van der Waals surface area contributed by atoms with Gasteiger partial charge < -0.3 is 11.1 Å². The first-order valence-electron chi connectivity index (χ1n) is 6.54. The number of halogens is 1. The van der Waals surface area contributed by atoms with E-state index in [0.29, 0.717) is 25.3 Å².